The van der Waals surface area contributed by atoms with Crippen LogP contribution in [0.25, 0.3) is 0 Å². The van der Waals surface area contributed by atoms with Crippen LogP contribution in [-0.2, 0) is 11.2 Å². The molecule has 0 fully saturated rings. The van der Waals surface area contributed by atoms with Crippen molar-refractivity contribution in [2.45, 2.75) is 45.7 Å². The quantitative estimate of drug-likeness (QED) is 0.865. The minimum absolute atomic E-state index is 0.0260. The van der Waals surface area contributed by atoms with Crippen molar-refractivity contribution in [3.63, 3.8) is 0 Å². The molecule has 0 saturated heterocycles. The highest BCUT2D eigenvalue weighted by molar-refractivity contribution is 5.94. The fourth-order valence-corrected chi connectivity index (χ4v) is 2.95. The fraction of sp³-hybridized carbons (Fsp3) is 0.562. The summed E-state index contributed by atoms with van der Waals surface area (Å²) in [6.07, 6.45) is 1.92. The standard InChI is InChI=1S/C16H24N2O2/c1-4-7-17-15(10-19)13-5-6-16-14(9-13)8-11(2)18(16)12(3)20/h5-6,9,11,15,17,19H,4,7-8,10H2,1-3H3. The van der Waals surface area contributed by atoms with Crippen LogP contribution in [0.15, 0.2) is 18.2 Å². The number of benzene rings is 1. The zero-order valence-electron chi connectivity index (χ0n) is 12.5. The zero-order chi connectivity index (χ0) is 14.7. The van der Waals surface area contributed by atoms with Gasteiger partial charge in [0.1, 0.15) is 0 Å². The molecule has 4 nitrogen and oxygen atoms in total. The number of carbonyl (C=O) groups excluding carboxylic acids is 1. The maximum Gasteiger partial charge on any atom is 0.224 e. The highest BCUT2D eigenvalue weighted by atomic mass is 16.3. The van der Waals surface area contributed by atoms with Crippen LogP contribution in [0.2, 0.25) is 0 Å². The monoisotopic (exact) mass is 276 g/mol. The lowest BCUT2D eigenvalue weighted by Gasteiger charge is -2.21. The molecule has 110 valence electrons. The van der Waals surface area contributed by atoms with Crippen molar-refractivity contribution in [3.8, 4) is 0 Å². The maximum absolute atomic E-state index is 11.7. The van der Waals surface area contributed by atoms with E-state index in [1.165, 1.54) is 5.56 Å². The van der Waals surface area contributed by atoms with Gasteiger partial charge in [0.25, 0.3) is 0 Å². The van der Waals surface area contributed by atoms with Crippen LogP contribution >= 0.6 is 0 Å². The van der Waals surface area contributed by atoms with Crippen molar-refractivity contribution in [2.75, 3.05) is 18.1 Å². The van der Waals surface area contributed by atoms with Gasteiger partial charge in [0, 0.05) is 18.7 Å². The lowest BCUT2D eigenvalue weighted by molar-refractivity contribution is -0.116. The molecule has 1 aromatic carbocycles. The Labute approximate surface area is 120 Å². The molecular weight excluding hydrogens is 252 g/mol. The lowest BCUT2D eigenvalue weighted by Crippen LogP contribution is -2.33. The number of hydrogen-bond acceptors (Lipinski definition) is 3. The van der Waals surface area contributed by atoms with Gasteiger partial charge in [0.15, 0.2) is 0 Å². The Morgan fingerprint density at radius 2 is 2.30 bits per heavy atom. The first-order valence-corrected chi connectivity index (χ1v) is 7.35. The van der Waals surface area contributed by atoms with E-state index in [1.807, 2.05) is 17.0 Å². The molecule has 20 heavy (non-hydrogen) atoms. The van der Waals surface area contributed by atoms with Crippen molar-refractivity contribution >= 4 is 11.6 Å². The van der Waals surface area contributed by atoms with Crippen LogP contribution in [-0.4, -0.2) is 30.2 Å². The van der Waals surface area contributed by atoms with Gasteiger partial charge >= 0.3 is 0 Å². The summed E-state index contributed by atoms with van der Waals surface area (Å²) >= 11 is 0. The largest absolute Gasteiger partial charge is 0.394 e. The van der Waals surface area contributed by atoms with Crippen molar-refractivity contribution in [2.24, 2.45) is 0 Å². The van der Waals surface area contributed by atoms with Crippen molar-refractivity contribution in [1.82, 2.24) is 5.32 Å². The number of rotatable bonds is 5. The predicted octanol–water partition coefficient (Wildman–Crippen LogP) is 2.02. The number of hydrogen-bond donors (Lipinski definition) is 2. The SMILES string of the molecule is CCCNC(CO)c1ccc2c(c1)CC(C)N2C(C)=O. The van der Waals surface area contributed by atoms with E-state index in [2.05, 4.69) is 25.2 Å². The molecule has 0 bridgehead atoms. The summed E-state index contributed by atoms with van der Waals surface area (Å²) in [4.78, 5) is 13.6. The summed E-state index contributed by atoms with van der Waals surface area (Å²) in [6.45, 7) is 6.76. The Balaban J connectivity index is 2.25. The minimum atomic E-state index is -0.0260. The van der Waals surface area contributed by atoms with Gasteiger partial charge in [-0.05, 0) is 43.5 Å². The first-order valence-electron chi connectivity index (χ1n) is 7.35. The summed E-state index contributed by atoms with van der Waals surface area (Å²) in [5.74, 6) is 0.0896. The van der Waals surface area contributed by atoms with Gasteiger partial charge in [-0.2, -0.15) is 0 Å². The van der Waals surface area contributed by atoms with Crippen LogP contribution in [0.4, 0.5) is 5.69 Å². The summed E-state index contributed by atoms with van der Waals surface area (Å²) in [5.41, 5.74) is 3.31. The van der Waals surface area contributed by atoms with Gasteiger partial charge in [0.2, 0.25) is 5.91 Å². The highest BCUT2D eigenvalue weighted by Gasteiger charge is 2.29. The average Bonchev–Trinajstić information content (AvgIpc) is 2.74. The number of anilines is 1. The third-order valence-electron chi connectivity index (χ3n) is 3.88. The summed E-state index contributed by atoms with van der Waals surface area (Å²) in [5, 5.41) is 12.9. The van der Waals surface area contributed by atoms with E-state index in [0.29, 0.717) is 0 Å². The minimum Gasteiger partial charge on any atom is -0.394 e. The fourth-order valence-electron chi connectivity index (χ4n) is 2.95. The second kappa shape index (κ2) is 6.37. The predicted molar refractivity (Wildman–Crippen MR) is 80.9 cm³/mol. The number of aliphatic hydroxyl groups excluding tert-OH is 1. The third kappa shape index (κ3) is 2.86. The van der Waals surface area contributed by atoms with E-state index in [-0.39, 0.29) is 24.6 Å². The van der Waals surface area contributed by atoms with Crippen LogP contribution in [0, 0.1) is 0 Å². The van der Waals surface area contributed by atoms with Crippen LogP contribution < -0.4 is 10.2 Å². The Kier molecular flexibility index (Phi) is 4.78. The first kappa shape index (κ1) is 15.0. The second-order valence-corrected chi connectivity index (χ2v) is 5.52. The van der Waals surface area contributed by atoms with E-state index in [9.17, 15) is 9.90 Å². The molecule has 1 heterocycles. The van der Waals surface area contributed by atoms with Crippen molar-refractivity contribution in [1.29, 1.82) is 0 Å². The van der Waals surface area contributed by atoms with Gasteiger partial charge in [-0.15, -0.1) is 0 Å². The van der Waals surface area contributed by atoms with Gasteiger partial charge < -0.3 is 15.3 Å². The molecular formula is C16H24N2O2. The number of nitrogens with zero attached hydrogens (tertiary/aromatic N) is 1. The van der Waals surface area contributed by atoms with Crippen molar-refractivity contribution in [3.05, 3.63) is 29.3 Å². The van der Waals surface area contributed by atoms with E-state index in [0.717, 1.165) is 30.6 Å². The second-order valence-electron chi connectivity index (χ2n) is 5.52. The van der Waals surface area contributed by atoms with Crippen molar-refractivity contribution < 1.29 is 9.90 Å². The molecule has 4 heteroatoms. The van der Waals surface area contributed by atoms with Gasteiger partial charge in [-0.1, -0.05) is 19.1 Å². The molecule has 0 aliphatic carbocycles. The molecule has 0 radical (unpaired) electrons. The zero-order valence-corrected chi connectivity index (χ0v) is 12.5. The van der Waals surface area contributed by atoms with Gasteiger partial charge in [-0.25, -0.2) is 0 Å². The molecule has 0 saturated carbocycles. The van der Waals surface area contributed by atoms with Gasteiger partial charge in [0.05, 0.1) is 12.6 Å². The molecule has 1 aliphatic heterocycles. The molecule has 2 unspecified atom stereocenters. The molecule has 2 N–H and O–H groups in total. The van der Waals surface area contributed by atoms with Crippen LogP contribution in [0.1, 0.15) is 44.4 Å². The molecule has 2 atom stereocenters. The maximum atomic E-state index is 11.7. The van der Waals surface area contributed by atoms with E-state index < -0.39 is 0 Å². The molecule has 1 aromatic rings. The first-order chi connectivity index (χ1) is 9.58. The van der Waals surface area contributed by atoms with Crippen LogP contribution in [0.3, 0.4) is 0 Å². The third-order valence-corrected chi connectivity index (χ3v) is 3.88. The lowest BCUT2D eigenvalue weighted by atomic mass is 10.0. The summed E-state index contributed by atoms with van der Waals surface area (Å²) in [6, 6.07) is 6.33. The normalized spacial score (nSPS) is 19.0. The van der Waals surface area contributed by atoms with E-state index in [4.69, 9.17) is 0 Å². The van der Waals surface area contributed by atoms with Crippen LogP contribution in [0.5, 0.6) is 0 Å². The number of aliphatic hydroxyl groups is 1. The highest BCUT2D eigenvalue weighted by Crippen LogP contribution is 2.34. The Bertz CT molecular complexity index is 487. The Morgan fingerprint density at radius 3 is 2.90 bits per heavy atom. The van der Waals surface area contributed by atoms with E-state index >= 15 is 0 Å². The smallest absolute Gasteiger partial charge is 0.224 e. The molecule has 0 aromatic heterocycles. The molecule has 2 rings (SSSR count). The average molecular weight is 276 g/mol. The molecule has 0 spiro atoms. The molecule has 1 aliphatic rings. The Hall–Kier alpha value is -1.39. The number of carbonyl (C=O) groups is 1. The van der Waals surface area contributed by atoms with Gasteiger partial charge in [-0.3, -0.25) is 4.79 Å². The topological polar surface area (TPSA) is 52.6 Å². The number of fused-ring (bicyclic) bond motifs is 1. The molecule has 1 amide bonds. The summed E-state index contributed by atoms with van der Waals surface area (Å²) in [7, 11) is 0. The number of nitrogens with one attached hydrogen (secondary N) is 1. The summed E-state index contributed by atoms with van der Waals surface area (Å²) < 4.78 is 0. The number of amides is 1. The van der Waals surface area contributed by atoms with E-state index in [1.54, 1.807) is 6.92 Å². The Morgan fingerprint density at radius 1 is 1.55 bits per heavy atom.